The second-order valence-electron chi connectivity index (χ2n) is 5.61. The lowest BCUT2D eigenvalue weighted by atomic mass is 10.2. The molecule has 0 saturated heterocycles. The van der Waals surface area contributed by atoms with Crippen LogP contribution in [0.5, 0.6) is 17.2 Å². The van der Waals surface area contributed by atoms with Crippen LogP contribution in [0.1, 0.15) is 12.5 Å². The molecule has 0 spiro atoms. The summed E-state index contributed by atoms with van der Waals surface area (Å²) in [5, 5.41) is 2.62. The molecule has 7 heteroatoms. The molecule has 0 unspecified atom stereocenters. The van der Waals surface area contributed by atoms with Crippen LogP contribution in [0.25, 0.3) is 6.08 Å². The molecule has 0 aliphatic carbocycles. The summed E-state index contributed by atoms with van der Waals surface area (Å²) < 4.78 is 20.8. The van der Waals surface area contributed by atoms with E-state index in [1.807, 2.05) is 25.1 Å². The quantitative estimate of drug-likeness (QED) is 0.667. The number of hydrogen-bond donors (Lipinski definition) is 1. The third-order valence-corrected chi connectivity index (χ3v) is 3.64. The zero-order valence-electron chi connectivity index (χ0n) is 16.1. The molecular weight excluding hydrogens is 362 g/mol. The van der Waals surface area contributed by atoms with Gasteiger partial charge in [-0.15, -0.1) is 0 Å². The molecule has 7 nitrogen and oxygen atoms in total. The van der Waals surface area contributed by atoms with E-state index >= 15 is 0 Å². The van der Waals surface area contributed by atoms with Crippen LogP contribution in [0, 0.1) is 0 Å². The van der Waals surface area contributed by atoms with Crippen LogP contribution in [-0.4, -0.2) is 39.3 Å². The Morgan fingerprint density at radius 1 is 0.964 bits per heavy atom. The van der Waals surface area contributed by atoms with E-state index in [9.17, 15) is 9.59 Å². The molecule has 0 aromatic heterocycles. The number of para-hydroxylation sites is 2. The van der Waals surface area contributed by atoms with Gasteiger partial charge in [-0.3, -0.25) is 4.79 Å². The molecule has 0 radical (unpaired) electrons. The van der Waals surface area contributed by atoms with Crippen molar-refractivity contribution in [1.29, 1.82) is 0 Å². The molecule has 28 heavy (non-hydrogen) atoms. The van der Waals surface area contributed by atoms with E-state index < -0.39 is 18.5 Å². The molecule has 0 saturated carbocycles. The SMILES string of the molecule is C/C=C/c1ccc(OCC(=O)OCC(=O)Nc2ccccc2OC)c(OC)c1. The predicted octanol–water partition coefficient (Wildman–Crippen LogP) is 3.30. The number of methoxy groups -OCH3 is 2. The molecule has 2 rings (SSSR count). The minimum Gasteiger partial charge on any atom is -0.495 e. The Morgan fingerprint density at radius 2 is 1.71 bits per heavy atom. The normalized spacial score (nSPS) is 10.4. The number of amides is 1. The van der Waals surface area contributed by atoms with E-state index in [4.69, 9.17) is 18.9 Å². The third-order valence-electron chi connectivity index (χ3n) is 3.64. The van der Waals surface area contributed by atoms with Crippen LogP contribution in [-0.2, 0) is 14.3 Å². The van der Waals surface area contributed by atoms with Crippen molar-refractivity contribution in [2.75, 3.05) is 32.8 Å². The lowest BCUT2D eigenvalue weighted by Gasteiger charge is -2.12. The fourth-order valence-electron chi connectivity index (χ4n) is 2.36. The first kappa shape index (κ1) is 20.8. The maximum absolute atomic E-state index is 11.9. The van der Waals surface area contributed by atoms with Crippen molar-refractivity contribution >= 4 is 23.6 Å². The Morgan fingerprint density at radius 3 is 2.43 bits per heavy atom. The number of nitrogens with one attached hydrogen (secondary N) is 1. The maximum Gasteiger partial charge on any atom is 0.344 e. The molecular formula is C21H23NO6. The Bertz CT molecular complexity index is 847. The standard InChI is InChI=1S/C21H23NO6/c1-4-7-15-10-11-18(19(12-15)26-3)27-14-21(24)28-13-20(23)22-16-8-5-6-9-17(16)25-2/h4-12H,13-14H2,1-3H3,(H,22,23)/b7-4+. The van der Waals surface area contributed by atoms with Crippen LogP contribution in [0.3, 0.4) is 0 Å². The summed E-state index contributed by atoms with van der Waals surface area (Å²) in [6, 6.07) is 12.3. The first-order valence-electron chi connectivity index (χ1n) is 8.59. The van der Waals surface area contributed by atoms with Crippen LogP contribution >= 0.6 is 0 Å². The van der Waals surface area contributed by atoms with Gasteiger partial charge in [-0.1, -0.05) is 30.4 Å². The minimum absolute atomic E-state index is 0.346. The van der Waals surface area contributed by atoms with Gasteiger partial charge in [-0.25, -0.2) is 4.79 Å². The van der Waals surface area contributed by atoms with E-state index in [0.717, 1.165) is 5.56 Å². The van der Waals surface area contributed by atoms with Crippen molar-refractivity contribution in [3.05, 3.63) is 54.1 Å². The van der Waals surface area contributed by atoms with E-state index in [2.05, 4.69) is 5.32 Å². The summed E-state index contributed by atoms with van der Waals surface area (Å²) in [5.74, 6) is 0.267. The van der Waals surface area contributed by atoms with Gasteiger partial charge in [0.05, 0.1) is 19.9 Å². The van der Waals surface area contributed by atoms with E-state index in [0.29, 0.717) is 22.9 Å². The second-order valence-corrected chi connectivity index (χ2v) is 5.61. The number of carbonyl (C=O) groups excluding carboxylic acids is 2. The maximum atomic E-state index is 11.9. The Balaban J connectivity index is 1.83. The summed E-state index contributed by atoms with van der Waals surface area (Å²) >= 11 is 0. The Hall–Kier alpha value is -3.48. The summed E-state index contributed by atoms with van der Waals surface area (Å²) in [5.41, 5.74) is 1.44. The van der Waals surface area contributed by atoms with E-state index in [1.54, 1.807) is 36.4 Å². The molecule has 0 bridgehead atoms. The van der Waals surface area contributed by atoms with E-state index in [-0.39, 0.29) is 6.61 Å². The van der Waals surface area contributed by atoms with Crippen molar-refractivity contribution in [3.63, 3.8) is 0 Å². The molecule has 1 amide bonds. The van der Waals surface area contributed by atoms with Crippen LogP contribution in [0.2, 0.25) is 0 Å². The van der Waals surface area contributed by atoms with Crippen molar-refractivity contribution in [2.24, 2.45) is 0 Å². The molecule has 0 atom stereocenters. The van der Waals surface area contributed by atoms with Gasteiger partial charge in [-0.05, 0) is 36.8 Å². The lowest BCUT2D eigenvalue weighted by molar-refractivity contribution is -0.149. The molecule has 148 valence electrons. The monoisotopic (exact) mass is 385 g/mol. The first-order valence-corrected chi connectivity index (χ1v) is 8.59. The Kier molecular flexibility index (Phi) is 7.90. The number of anilines is 1. The molecule has 0 aliphatic rings. The van der Waals surface area contributed by atoms with Gasteiger partial charge in [0, 0.05) is 0 Å². The molecule has 0 fully saturated rings. The van der Waals surface area contributed by atoms with Gasteiger partial charge < -0.3 is 24.3 Å². The molecule has 2 aromatic rings. The predicted molar refractivity (Wildman–Crippen MR) is 106 cm³/mol. The summed E-state index contributed by atoms with van der Waals surface area (Å²) in [4.78, 5) is 23.8. The molecule has 2 aromatic carbocycles. The smallest absolute Gasteiger partial charge is 0.344 e. The fourth-order valence-corrected chi connectivity index (χ4v) is 2.36. The number of hydrogen-bond acceptors (Lipinski definition) is 6. The highest BCUT2D eigenvalue weighted by molar-refractivity contribution is 5.94. The molecule has 1 N–H and O–H groups in total. The number of carbonyl (C=O) groups is 2. The highest BCUT2D eigenvalue weighted by atomic mass is 16.6. The second kappa shape index (κ2) is 10.6. The summed E-state index contributed by atoms with van der Waals surface area (Å²) in [7, 11) is 3.02. The zero-order chi connectivity index (χ0) is 20.4. The van der Waals surface area contributed by atoms with Gasteiger partial charge in [0.25, 0.3) is 5.91 Å². The van der Waals surface area contributed by atoms with Crippen LogP contribution < -0.4 is 19.5 Å². The summed E-state index contributed by atoms with van der Waals surface area (Å²) in [6.07, 6.45) is 3.82. The number of esters is 1. The van der Waals surface area contributed by atoms with Crippen molar-refractivity contribution < 1.29 is 28.5 Å². The van der Waals surface area contributed by atoms with Crippen molar-refractivity contribution in [1.82, 2.24) is 0 Å². The van der Waals surface area contributed by atoms with Gasteiger partial charge in [0.2, 0.25) is 0 Å². The van der Waals surface area contributed by atoms with Gasteiger partial charge >= 0.3 is 5.97 Å². The van der Waals surface area contributed by atoms with Crippen LogP contribution in [0.4, 0.5) is 5.69 Å². The number of allylic oxidation sites excluding steroid dienone is 1. The van der Waals surface area contributed by atoms with E-state index in [1.165, 1.54) is 14.2 Å². The van der Waals surface area contributed by atoms with Gasteiger partial charge in [0.1, 0.15) is 5.75 Å². The average molecular weight is 385 g/mol. The van der Waals surface area contributed by atoms with Crippen molar-refractivity contribution in [2.45, 2.75) is 6.92 Å². The average Bonchev–Trinajstić information content (AvgIpc) is 2.71. The number of ether oxygens (including phenoxy) is 4. The highest BCUT2D eigenvalue weighted by Gasteiger charge is 2.12. The third kappa shape index (κ3) is 6.05. The van der Waals surface area contributed by atoms with Crippen molar-refractivity contribution in [3.8, 4) is 17.2 Å². The van der Waals surface area contributed by atoms with Crippen LogP contribution in [0.15, 0.2) is 48.5 Å². The number of benzene rings is 2. The Labute approximate surface area is 163 Å². The molecule has 0 aliphatic heterocycles. The largest absolute Gasteiger partial charge is 0.495 e. The van der Waals surface area contributed by atoms with Gasteiger partial charge in [0.15, 0.2) is 24.7 Å². The van der Waals surface area contributed by atoms with Gasteiger partial charge in [-0.2, -0.15) is 0 Å². The topological polar surface area (TPSA) is 83.1 Å². The first-order chi connectivity index (χ1) is 13.6. The highest BCUT2D eigenvalue weighted by Crippen LogP contribution is 2.28. The lowest BCUT2D eigenvalue weighted by Crippen LogP contribution is -2.23. The number of rotatable bonds is 9. The summed E-state index contributed by atoms with van der Waals surface area (Å²) in [6.45, 7) is 1.13. The minimum atomic E-state index is -0.672. The zero-order valence-corrected chi connectivity index (χ0v) is 16.1. The fraction of sp³-hybridized carbons (Fsp3) is 0.238. The molecule has 0 heterocycles.